The van der Waals surface area contributed by atoms with Crippen molar-refractivity contribution in [1.29, 1.82) is 0 Å². The molecule has 0 bridgehead atoms. The van der Waals surface area contributed by atoms with Gasteiger partial charge < -0.3 is 4.74 Å². The van der Waals surface area contributed by atoms with Crippen molar-refractivity contribution in [2.75, 3.05) is 0 Å². The molecular formula is C13H17NO4S. The summed E-state index contributed by atoms with van der Waals surface area (Å²) in [5.74, 6) is 0.105. The number of nitrogens with one attached hydrogen (secondary N) is 1. The van der Waals surface area contributed by atoms with Crippen molar-refractivity contribution in [3.63, 3.8) is 0 Å². The van der Waals surface area contributed by atoms with Gasteiger partial charge >= 0.3 is 0 Å². The van der Waals surface area contributed by atoms with E-state index in [1.165, 1.54) is 13.0 Å². The summed E-state index contributed by atoms with van der Waals surface area (Å²) < 4.78 is 31.5. The molecular weight excluding hydrogens is 266 g/mol. The van der Waals surface area contributed by atoms with Crippen LogP contribution in [0.15, 0.2) is 23.1 Å². The van der Waals surface area contributed by atoms with Crippen LogP contribution in [0.2, 0.25) is 0 Å². The normalized spacial score (nSPS) is 17.2. The Labute approximate surface area is 113 Å². The van der Waals surface area contributed by atoms with Crippen molar-refractivity contribution in [2.24, 2.45) is 0 Å². The van der Waals surface area contributed by atoms with Gasteiger partial charge in [0.2, 0.25) is 5.91 Å². The van der Waals surface area contributed by atoms with Gasteiger partial charge in [-0.05, 0) is 50.5 Å². The van der Waals surface area contributed by atoms with Gasteiger partial charge in [0.15, 0.2) is 0 Å². The molecule has 1 aromatic carbocycles. The van der Waals surface area contributed by atoms with Gasteiger partial charge in [-0.15, -0.1) is 0 Å². The molecule has 0 unspecified atom stereocenters. The van der Waals surface area contributed by atoms with Crippen molar-refractivity contribution < 1.29 is 17.9 Å². The maximum absolute atomic E-state index is 11.9. The van der Waals surface area contributed by atoms with E-state index >= 15 is 0 Å². The number of hydrogen-bond acceptors (Lipinski definition) is 4. The predicted octanol–water partition coefficient (Wildman–Crippen LogP) is 1.61. The summed E-state index contributed by atoms with van der Waals surface area (Å²) in [5, 5.41) is 0. The molecule has 1 heterocycles. The number of fused-ring (bicyclic) bond motifs is 1. The molecule has 0 saturated carbocycles. The van der Waals surface area contributed by atoms with Crippen LogP contribution in [0, 0.1) is 0 Å². The van der Waals surface area contributed by atoms with Gasteiger partial charge in [-0.25, -0.2) is 13.1 Å². The van der Waals surface area contributed by atoms with Gasteiger partial charge in [-0.2, -0.15) is 0 Å². The fourth-order valence-corrected chi connectivity index (χ4v) is 3.09. The first-order valence-electron chi connectivity index (χ1n) is 6.05. The zero-order chi connectivity index (χ0) is 14.3. The Kier molecular flexibility index (Phi) is 3.30. The van der Waals surface area contributed by atoms with E-state index in [4.69, 9.17) is 4.74 Å². The Morgan fingerprint density at radius 2 is 2.05 bits per heavy atom. The van der Waals surface area contributed by atoms with Gasteiger partial charge in [0.1, 0.15) is 11.4 Å². The SMILES string of the molecule is CC(=O)NS(=O)(=O)c1ccc2c(c1)CCC(C)(C)O2. The van der Waals surface area contributed by atoms with Crippen LogP contribution in [0.25, 0.3) is 0 Å². The third kappa shape index (κ3) is 3.07. The lowest BCUT2D eigenvalue weighted by Crippen LogP contribution is -2.33. The minimum atomic E-state index is -3.78. The van der Waals surface area contributed by atoms with Crippen molar-refractivity contribution >= 4 is 15.9 Å². The van der Waals surface area contributed by atoms with E-state index < -0.39 is 15.9 Å². The Bertz CT molecular complexity index is 620. The quantitative estimate of drug-likeness (QED) is 0.895. The van der Waals surface area contributed by atoms with E-state index in [0.717, 1.165) is 18.4 Å². The molecule has 1 amide bonds. The summed E-state index contributed by atoms with van der Waals surface area (Å²) in [5.41, 5.74) is 0.621. The van der Waals surface area contributed by atoms with E-state index in [-0.39, 0.29) is 10.5 Å². The average Bonchev–Trinajstić information content (AvgIpc) is 2.25. The molecule has 1 aliphatic rings. The third-order valence-electron chi connectivity index (χ3n) is 3.00. The van der Waals surface area contributed by atoms with Crippen LogP contribution < -0.4 is 9.46 Å². The van der Waals surface area contributed by atoms with E-state index in [1.807, 2.05) is 18.6 Å². The van der Waals surface area contributed by atoms with Crippen LogP contribution >= 0.6 is 0 Å². The lowest BCUT2D eigenvalue weighted by Gasteiger charge is -2.32. The van der Waals surface area contributed by atoms with Gasteiger partial charge in [-0.3, -0.25) is 4.79 Å². The van der Waals surface area contributed by atoms with Gasteiger partial charge in [-0.1, -0.05) is 0 Å². The summed E-state index contributed by atoms with van der Waals surface area (Å²) in [6.45, 7) is 5.16. The van der Waals surface area contributed by atoms with Crippen molar-refractivity contribution in [3.8, 4) is 5.75 Å². The molecule has 0 fully saturated rings. The van der Waals surface area contributed by atoms with Gasteiger partial charge in [0.25, 0.3) is 10.0 Å². The lowest BCUT2D eigenvalue weighted by molar-refractivity contribution is -0.117. The molecule has 0 radical (unpaired) electrons. The summed E-state index contributed by atoms with van der Waals surface area (Å²) in [7, 11) is -3.78. The number of carbonyl (C=O) groups is 1. The standard InChI is InChI=1S/C13H17NO4S/c1-9(15)14-19(16,17)11-4-5-12-10(8-11)6-7-13(2,3)18-12/h4-5,8H,6-7H2,1-3H3,(H,14,15). The minimum Gasteiger partial charge on any atom is -0.488 e. The lowest BCUT2D eigenvalue weighted by atomic mass is 9.94. The number of aryl methyl sites for hydroxylation is 1. The minimum absolute atomic E-state index is 0.0877. The third-order valence-corrected chi connectivity index (χ3v) is 4.43. The van der Waals surface area contributed by atoms with Crippen LogP contribution in [0.5, 0.6) is 5.75 Å². The largest absolute Gasteiger partial charge is 0.488 e. The van der Waals surface area contributed by atoms with Crippen molar-refractivity contribution in [2.45, 2.75) is 44.1 Å². The molecule has 5 nitrogen and oxygen atoms in total. The maximum Gasteiger partial charge on any atom is 0.264 e. The Balaban J connectivity index is 2.35. The summed E-state index contributed by atoms with van der Waals surface area (Å²) >= 11 is 0. The molecule has 0 spiro atoms. The second-order valence-corrected chi connectivity index (χ2v) is 6.98. The molecule has 1 aromatic rings. The number of hydrogen-bond donors (Lipinski definition) is 1. The Morgan fingerprint density at radius 3 is 2.68 bits per heavy atom. The van der Waals surface area contributed by atoms with E-state index in [1.54, 1.807) is 12.1 Å². The highest BCUT2D eigenvalue weighted by Crippen LogP contribution is 2.34. The van der Waals surface area contributed by atoms with Gasteiger partial charge in [0.05, 0.1) is 4.90 Å². The molecule has 0 aliphatic carbocycles. The first-order chi connectivity index (χ1) is 8.70. The number of carbonyl (C=O) groups excluding carboxylic acids is 1. The fraction of sp³-hybridized carbons (Fsp3) is 0.462. The number of benzene rings is 1. The van der Waals surface area contributed by atoms with E-state index in [0.29, 0.717) is 5.75 Å². The smallest absolute Gasteiger partial charge is 0.264 e. The molecule has 6 heteroatoms. The molecule has 0 saturated heterocycles. The van der Waals surface area contributed by atoms with E-state index in [9.17, 15) is 13.2 Å². The first-order valence-corrected chi connectivity index (χ1v) is 7.53. The molecule has 0 aromatic heterocycles. The monoisotopic (exact) mass is 283 g/mol. The molecule has 0 atom stereocenters. The Morgan fingerprint density at radius 1 is 1.37 bits per heavy atom. The van der Waals surface area contributed by atoms with Crippen LogP contribution in [0.3, 0.4) is 0 Å². The zero-order valence-electron chi connectivity index (χ0n) is 11.2. The van der Waals surface area contributed by atoms with E-state index in [2.05, 4.69) is 0 Å². The number of rotatable bonds is 2. The summed E-state index contributed by atoms with van der Waals surface area (Å²) in [6.07, 6.45) is 1.58. The second kappa shape index (κ2) is 4.52. The molecule has 104 valence electrons. The summed E-state index contributed by atoms with van der Waals surface area (Å²) in [4.78, 5) is 11.0. The number of ether oxygens (including phenoxy) is 1. The number of sulfonamides is 1. The Hall–Kier alpha value is -1.56. The van der Waals surface area contributed by atoms with Crippen LogP contribution in [-0.4, -0.2) is 19.9 Å². The van der Waals surface area contributed by atoms with Crippen LogP contribution in [0.1, 0.15) is 32.8 Å². The van der Waals surface area contributed by atoms with Crippen molar-refractivity contribution in [3.05, 3.63) is 23.8 Å². The highest BCUT2D eigenvalue weighted by molar-refractivity contribution is 7.90. The molecule has 2 rings (SSSR count). The summed E-state index contributed by atoms with van der Waals surface area (Å²) in [6, 6.07) is 4.66. The maximum atomic E-state index is 11.9. The zero-order valence-corrected chi connectivity index (χ0v) is 12.0. The fourth-order valence-electron chi connectivity index (χ4n) is 2.05. The topological polar surface area (TPSA) is 72.5 Å². The van der Waals surface area contributed by atoms with Crippen LogP contribution in [-0.2, 0) is 21.2 Å². The predicted molar refractivity (Wildman–Crippen MR) is 70.5 cm³/mol. The number of amides is 1. The average molecular weight is 283 g/mol. The van der Waals surface area contributed by atoms with Crippen molar-refractivity contribution in [1.82, 2.24) is 4.72 Å². The molecule has 1 N–H and O–H groups in total. The highest BCUT2D eigenvalue weighted by atomic mass is 32.2. The molecule has 19 heavy (non-hydrogen) atoms. The highest BCUT2D eigenvalue weighted by Gasteiger charge is 2.27. The van der Waals surface area contributed by atoms with Gasteiger partial charge in [0, 0.05) is 6.92 Å². The molecule has 1 aliphatic heterocycles. The van der Waals surface area contributed by atoms with Crippen LogP contribution in [0.4, 0.5) is 0 Å². The second-order valence-electron chi connectivity index (χ2n) is 5.29. The first kappa shape index (κ1) is 13.9.